The van der Waals surface area contributed by atoms with Crippen molar-refractivity contribution in [2.75, 3.05) is 0 Å². The number of hydrogen-bond acceptors (Lipinski definition) is 5. The van der Waals surface area contributed by atoms with Crippen LogP contribution in [0.25, 0.3) is 11.4 Å². The molecule has 1 aromatic heterocycles. The average molecular weight is 490 g/mol. The highest BCUT2D eigenvalue weighted by Gasteiger charge is 2.12. The van der Waals surface area contributed by atoms with Crippen LogP contribution in [0, 0.1) is 6.92 Å². The maximum Gasteiger partial charge on any atom is 0.274 e. The number of nitrogens with zero attached hydrogens (tertiary/aromatic N) is 3. The smallest absolute Gasteiger partial charge is 0.274 e. The molecule has 2 N–H and O–H groups in total. The van der Waals surface area contributed by atoms with Crippen molar-refractivity contribution in [2.24, 2.45) is 5.10 Å². The molecule has 2 aromatic carbocycles. The molecule has 27 heavy (non-hydrogen) atoms. The summed E-state index contributed by atoms with van der Waals surface area (Å²) >= 11 is 6.49. The van der Waals surface area contributed by atoms with Gasteiger partial charge in [-0.05, 0) is 56.5 Å². The van der Waals surface area contributed by atoms with Gasteiger partial charge in [-0.25, -0.2) is 15.4 Å². The normalized spacial score (nSPS) is 10.9. The molecule has 1 heterocycles. The largest absolute Gasteiger partial charge is 0.506 e. The zero-order valence-corrected chi connectivity index (χ0v) is 17.3. The molecular weight excluding hydrogens is 476 g/mol. The molecule has 0 atom stereocenters. The number of nitrogens with one attached hydrogen (secondary N) is 1. The van der Waals surface area contributed by atoms with E-state index in [2.05, 4.69) is 52.4 Å². The number of carbonyl (C=O) groups is 1. The Hall–Kier alpha value is -2.58. The predicted octanol–water partition coefficient (Wildman–Crippen LogP) is 4.45. The van der Waals surface area contributed by atoms with E-state index in [4.69, 9.17) is 0 Å². The van der Waals surface area contributed by atoms with E-state index < -0.39 is 5.91 Å². The van der Waals surface area contributed by atoms with Crippen LogP contribution in [0.5, 0.6) is 5.75 Å². The van der Waals surface area contributed by atoms with Gasteiger partial charge in [0.05, 0.1) is 26.4 Å². The van der Waals surface area contributed by atoms with Gasteiger partial charge in [0.25, 0.3) is 5.91 Å². The molecule has 0 bridgehead atoms. The van der Waals surface area contributed by atoms with Crippen molar-refractivity contribution in [1.82, 2.24) is 15.4 Å². The summed E-state index contributed by atoms with van der Waals surface area (Å²) in [5.41, 5.74) is 4.94. The minimum absolute atomic E-state index is 0.0995. The number of aryl methyl sites for hydroxylation is 1. The van der Waals surface area contributed by atoms with Crippen molar-refractivity contribution in [1.29, 1.82) is 0 Å². The first kappa shape index (κ1) is 19.2. The summed E-state index contributed by atoms with van der Waals surface area (Å²) in [6.07, 6.45) is 2.96. The van der Waals surface area contributed by atoms with E-state index in [1.165, 1.54) is 12.4 Å². The minimum atomic E-state index is -0.403. The van der Waals surface area contributed by atoms with Gasteiger partial charge in [0.2, 0.25) is 0 Å². The summed E-state index contributed by atoms with van der Waals surface area (Å²) in [5, 5.41) is 13.7. The van der Waals surface area contributed by atoms with Crippen molar-refractivity contribution in [3.8, 4) is 17.1 Å². The van der Waals surface area contributed by atoms with E-state index in [0.29, 0.717) is 31.6 Å². The fraction of sp³-hybridized carbons (Fsp3) is 0.0526. The monoisotopic (exact) mass is 488 g/mol. The van der Waals surface area contributed by atoms with E-state index in [1.54, 1.807) is 19.1 Å². The molecule has 1 amide bonds. The number of halogens is 2. The van der Waals surface area contributed by atoms with E-state index >= 15 is 0 Å². The Bertz CT molecular complexity index is 1000. The number of aromatic hydroxyl groups is 1. The van der Waals surface area contributed by atoms with Gasteiger partial charge in [-0.15, -0.1) is 0 Å². The van der Waals surface area contributed by atoms with Gasteiger partial charge >= 0.3 is 0 Å². The lowest BCUT2D eigenvalue weighted by Gasteiger charge is -2.06. The molecule has 0 aliphatic rings. The highest BCUT2D eigenvalue weighted by Crippen LogP contribution is 2.32. The molecular formula is C19H14Br2N4O2. The molecule has 0 aliphatic heterocycles. The van der Waals surface area contributed by atoms with Gasteiger partial charge in [-0.2, -0.15) is 5.10 Å². The highest BCUT2D eigenvalue weighted by atomic mass is 79.9. The lowest BCUT2D eigenvalue weighted by molar-refractivity contribution is 0.0953. The zero-order valence-electron chi connectivity index (χ0n) is 14.1. The maximum atomic E-state index is 12.3. The van der Waals surface area contributed by atoms with Gasteiger partial charge in [0, 0.05) is 11.8 Å². The standard InChI is InChI=1S/C19H14Br2N4O2/c1-11-14(10-22-18(24-11)13-5-3-2-4-6-13)19(27)25-23-9-12-7-15(20)17(26)16(21)8-12/h2-10,26H,1H3,(H,25,27). The van der Waals surface area contributed by atoms with Crippen molar-refractivity contribution in [3.63, 3.8) is 0 Å². The number of hydrogen-bond donors (Lipinski definition) is 2. The third-order valence-electron chi connectivity index (χ3n) is 3.67. The third kappa shape index (κ3) is 4.58. The minimum Gasteiger partial charge on any atom is -0.506 e. The summed E-state index contributed by atoms with van der Waals surface area (Å²) in [7, 11) is 0. The number of hydrazone groups is 1. The molecule has 0 saturated heterocycles. The van der Waals surface area contributed by atoms with Crippen LogP contribution in [0.3, 0.4) is 0 Å². The first-order valence-corrected chi connectivity index (χ1v) is 9.45. The first-order valence-electron chi connectivity index (χ1n) is 7.86. The summed E-state index contributed by atoms with van der Waals surface area (Å²) in [5.74, 6) is 0.259. The fourth-order valence-corrected chi connectivity index (χ4v) is 3.52. The van der Waals surface area contributed by atoms with Gasteiger partial charge in [-0.1, -0.05) is 30.3 Å². The second-order valence-corrected chi connectivity index (χ2v) is 7.30. The van der Waals surface area contributed by atoms with Crippen LogP contribution in [0.4, 0.5) is 0 Å². The van der Waals surface area contributed by atoms with Gasteiger partial charge in [-0.3, -0.25) is 4.79 Å². The molecule has 3 aromatic rings. The molecule has 0 fully saturated rings. The van der Waals surface area contributed by atoms with Crippen LogP contribution in [0.1, 0.15) is 21.6 Å². The molecule has 136 valence electrons. The van der Waals surface area contributed by atoms with Gasteiger partial charge in [0.15, 0.2) is 5.82 Å². The number of phenols is 1. The third-order valence-corrected chi connectivity index (χ3v) is 4.88. The zero-order chi connectivity index (χ0) is 19.4. The number of amides is 1. The van der Waals surface area contributed by atoms with E-state index in [9.17, 15) is 9.90 Å². The molecule has 6 nitrogen and oxygen atoms in total. The van der Waals surface area contributed by atoms with Gasteiger partial charge in [0.1, 0.15) is 5.75 Å². The van der Waals surface area contributed by atoms with Crippen LogP contribution < -0.4 is 5.43 Å². The Balaban J connectivity index is 1.73. The van der Waals surface area contributed by atoms with E-state index in [1.807, 2.05) is 30.3 Å². The Morgan fingerprint density at radius 1 is 1.19 bits per heavy atom. The van der Waals surface area contributed by atoms with Crippen molar-refractivity contribution in [3.05, 3.63) is 74.4 Å². The van der Waals surface area contributed by atoms with Crippen LogP contribution >= 0.6 is 31.9 Å². The second kappa shape index (κ2) is 8.41. The highest BCUT2D eigenvalue weighted by molar-refractivity contribution is 9.11. The number of phenolic OH excluding ortho intramolecular Hbond substituents is 1. The summed E-state index contributed by atoms with van der Waals surface area (Å²) < 4.78 is 1.04. The molecule has 0 radical (unpaired) electrons. The SMILES string of the molecule is Cc1nc(-c2ccccc2)ncc1C(=O)NN=Cc1cc(Br)c(O)c(Br)c1. The molecule has 0 saturated carbocycles. The topological polar surface area (TPSA) is 87.5 Å². The molecule has 0 spiro atoms. The maximum absolute atomic E-state index is 12.3. The van der Waals surface area contributed by atoms with Crippen molar-refractivity contribution >= 4 is 44.0 Å². The number of carbonyl (C=O) groups excluding carboxylic acids is 1. The van der Waals surface area contributed by atoms with Crippen LogP contribution in [-0.2, 0) is 0 Å². The summed E-state index contributed by atoms with van der Waals surface area (Å²) in [4.78, 5) is 21.0. The second-order valence-electron chi connectivity index (χ2n) is 5.59. The lowest BCUT2D eigenvalue weighted by atomic mass is 10.2. The average Bonchev–Trinajstić information content (AvgIpc) is 2.66. The van der Waals surface area contributed by atoms with Crippen LogP contribution in [0.15, 0.2) is 62.7 Å². The van der Waals surface area contributed by atoms with Crippen molar-refractivity contribution < 1.29 is 9.90 Å². The lowest BCUT2D eigenvalue weighted by Crippen LogP contribution is -2.19. The van der Waals surface area contributed by atoms with Crippen LogP contribution in [0.2, 0.25) is 0 Å². The Labute approximate surface area is 172 Å². The molecule has 0 unspecified atom stereocenters. The first-order chi connectivity index (χ1) is 13.0. The van der Waals surface area contributed by atoms with Crippen LogP contribution in [-0.4, -0.2) is 27.2 Å². The predicted molar refractivity (Wildman–Crippen MR) is 111 cm³/mol. The van der Waals surface area contributed by atoms with E-state index in [-0.39, 0.29) is 5.75 Å². The Kier molecular flexibility index (Phi) is 5.98. The Morgan fingerprint density at radius 2 is 1.85 bits per heavy atom. The van der Waals surface area contributed by atoms with E-state index in [0.717, 1.165) is 5.56 Å². The number of rotatable bonds is 4. The van der Waals surface area contributed by atoms with Crippen molar-refractivity contribution in [2.45, 2.75) is 6.92 Å². The quantitative estimate of drug-likeness (QED) is 0.418. The summed E-state index contributed by atoms with van der Waals surface area (Å²) in [6, 6.07) is 12.9. The summed E-state index contributed by atoms with van der Waals surface area (Å²) in [6.45, 7) is 1.75. The molecule has 3 rings (SSSR count). The van der Waals surface area contributed by atoms with Gasteiger partial charge < -0.3 is 5.11 Å². The molecule has 0 aliphatic carbocycles. The molecule has 8 heteroatoms. The fourth-order valence-electron chi connectivity index (χ4n) is 2.30. The Morgan fingerprint density at radius 3 is 2.48 bits per heavy atom. The number of benzene rings is 2. The number of aromatic nitrogens is 2.